The van der Waals surface area contributed by atoms with Crippen molar-refractivity contribution in [3.8, 4) is 11.3 Å². The number of benzene rings is 1. The second-order valence-electron chi connectivity index (χ2n) is 4.26. The Balaban J connectivity index is 2.23. The van der Waals surface area contributed by atoms with Crippen LogP contribution < -0.4 is 10.9 Å². The van der Waals surface area contributed by atoms with Gasteiger partial charge in [-0.25, -0.2) is 15.0 Å². The van der Waals surface area contributed by atoms with Gasteiger partial charge in [0, 0.05) is 22.9 Å². The molecule has 20 heavy (non-hydrogen) atoms. The average molecular weight is 290 g/mol. The van der Waals surface area contributed by atoms with Gasteiger partial charge in [0.05, 0.1) is 16.3 Å². The molecule has 0 aliphatic heterocycles. The maximum atomic E-state index is 11.9. The molecule has 1 aromatic carbocycles. The second-order valence-corrected chi connectivity index (χ2v) is 5.32. The second kappa shape index (κ2) is 4.80. The zero-order chi connectivity index (χ0) is 14.3. The van der Waals surface area contributed by atoms with Crippen LogP contribution in [0.15, 0.2) is 38.9 Å². The lowest BCUT2D eigenvalue weighted by Gasteiger charge is -2.11. The minimum atomic E-state index is -1.02. The molecule has 1 atom stereocenters. The standard InChI is InChI=1S/C13H10N2O4S/c1-7-14-11(6-20-7)10-5-8-4-9(15(17)18)2-3-12(8)19-13(10)16/h2-6,15,17H,1H3. The molecule has 0 amide bonds. The smallest absolute Gasteiger partial charge is 0.345 e. The highest BCUT2D eigenvalue weighted by Gasteiger charge is 2.12. The first-order valence-corrected chi connectivity index (χ1v) is 6.66. The molecule has 1 unspecified atom stereocenters. The summed E-state index contributed by atoms with van der Waals surface area (Å²) in [6.07, 6.45) is 0. The Morgan fingerprint density at radius 1 is 1.40 bits per heavy atom. The summed E-state index contributed by atoms with van der Waals surface area (Å²) in [5, 5.41) is 22.1. The van der Waals surface area contributed by atoms with Gasteiger partial charge in [-0.2, -0.15) is 5.23 Å². The molecule has 0 fully saturated rings. The van der Waals surface area contributed by atoms with Crippen molar-refractivity contribution in [1.29, 1.82) is 0 Å². The molecule has 7 heteroatoms. The summed E-state index contributed by atoms with van der Waals surface area (Å²) in [5.41, 5.74) is 0.904. The van der Waals surface area contributed by atoms with E-state index in [4.69, 9.17) is 9.62 Å². The number of thiazole rings is 1. The summed E-state index contributed by atoms with van der Waals surface area (Å²) in [6.45, 7) is 1.85. The van der Waals surface area contributed by atoms with Crippen LogP contribution in [-0.4, -0.2) is 10.2 Å². The zero-order valence-corrected chi connectivity index (χ0v) is 11.2. The van der Waals surface area contributed by atoms with Gasteiger partial charge in [-0.15, -0.1) is 11.3 Å². The van der Waals surface area contributed by atoms with Crippen LogP contribution >= 0.6 is 11.3 Å². The Kier molecular flexibility index (Phi) is 3.11. The number of aromatic nitrogens is 1. The SMILES string of the molecule is Cc1nc(-c2cc3cc([NH+]([O-])O)ccc3oc2=O)cs1. The normalized spacial score (nSPS) is 12.8. The highest BCUT2D eigenvalue weighted by molar-refractivity contribution is 7.09. The van der Waals surface area contributed by atoms with Gasteiger partial charge in [0.2, 0.25) is 0 Å². The summed E-state index contributed by atoms with van der Waals surface area (Å²) in [7, 11) is 0. The minimum Gasteiger partial charge on any atom is -0.595 e. The first kappa shape index (κ1) is 12.9. The first-order chi connectivity index (χ1) is 9.54. The van der Waals surface area contributed by atoms with Crippen molar-refractivity contribution in [2.45, 2.75) is 6.92 Å². The summed E-state index contributed by atoms with van der Waals surface area (Å²) in [5.74, 6) is 0. The van der Waals surface area contributed by atoms with Crippen LogP contribution in [-0.2, 0) is 0 Å². The maximum Gasteiger partial charge on any atom is 0.345 e. The predicted molar refractivity (Wildman–Crippen MR) is 74.1 cm³/mol. The monoisotopic (exact) mass is 290 g/mol. The Bertz CT molecular complexity index is 838. The van der Waals surface area contributed by atoms with Crippen LogP contribution in [0.2, 0.25) is 0 Å². The van der Waals surface area contributed by atoms with Crippen LogP contribution in [0.1, 0.15) is 5.01 Å². The van der Waals surface area contributed by atoms with Crippen molar-refractivity contribution in [3.05, 3.63) is 50.3 Å². The summed E-state index contributed by atoms with van der Waals surface area (Å²) < 4.78 is 5.21. The van der Waals surface area contributed by atoms with Crippen LogP contribution in [0, 0.1) is 12.1 Å². The van der Waals surface area contributed by atoms with E-state index in [9.17, 15) is 10.0 Å². The number of hydrogen-bond acceptors (Lipinski definition) is 6. The molecule has 2 heterocycles. The molecule has 0 aliphatic rings. The molecule has 3 aromatic rings. The third-order valence-corrected chi connectivity index (χ3v) is 3.65. The largest absolute Gasteiger partial charge is 0.595 e. The molecule has 0 saturated carbocycles. The van der Waals surface area contributed by atoms with Crippen LogP contribution in [0.25, 0.3) is 22.2 Å². The fourth-order valence-electron chi connectivity index (χ4n) is 1.92. The molecule has 6 nitrogen and oxygen atoms in total. The molecule has 0 spiro atoms. The van der Waals surface area contributed by atoms with E-state index in [1.165, 1.54) is 29.5 Å². The number of quaternary nitrogens is 1. The molecule has 2 aromatic heterocycles. The molecule has 0 radical (unpaired) electrons. The van der Waals surface area contributed by atoms with E-state index in [1.807, 2.05) is 6.92 Å². The van der Waals surface area contributed by atoms with E-state index in [1.54, 1.807) is 11.4 Å². The highest BCUT2D eigenvalue weighted by atomic mass is 32.1. The average Bonchev–Trinajstić information content (AvgIpc) is 2.83. The topological polar surface area (TPSA) is 90.8 Å². The van der Waals surface area contributed by atoms with Crippen molar-refractivity contribution in [2.24, 2.45) is 0 Å². The van der Waals surface area contributed by atoms with Gasteiger partial charge < -0.3 is 9.62 Å². The fraction of sp³-hybridized carbons (Fsp3) is 0.0769. The first-order valence-electron chi connectivity index (χ1n) is 5.78. The quantitative estimate of drug-likeness (QED) is 0.553. The number of fused-ring (bicyclic) bond motifs is 1. The van der Waals surface area contributed by atoms with Gasteiger partial charge in [0.25, 0.3) is 0 Å². The number of rotatable bonds is 2. The number of nitrogens with one attached hydrogen (secondary N) is 1. The maximum absolute atomic E-state index is 11.9. The Morgan fingerprint density at radius 3 is 2.85 bits per heavy atom. The summed E-state index contributed by atoms with van der Waals surface area (Å²) in [4.78, 5) is 16.2. The highest BCUT2D eigenvalue weighted by Crippen LogP contribution is 2.23. The van der Waals surface area contributed by atoms with Gasteiger partial charge in [-0.05, 0) is 19.1 Å². The molecular weight excluding hydrogens is 280 g/mol. The van der Waals surface area contributed by atoms with E-state index in [-0.39, 0.29) is 5.69 Å². The van der Waals surface area contributed by atoms with Crippen molar-refractivity contribution >= 4 is 28.0 Å². The van der Waals surface area contributed by atoms with Gasteiger partial charge in [0.1, 0.15) is 5.58 Å². The van der Waals surface area contributed by atoms with Crippen LogP contribution in [0.5, 0.6) is 0 Å². The molecule has 102 valence electrons. The number of nitrogens with zero attached hydrogens (tertiary/aromatic N) is 1. The lowest BCUT2D eigenvalue weighted by Crippen LogP contribution is -2.99. The molecular formula is C13H10N2O4S. The third-order valence-electron chi connectivity index (χ3n) is 2.87. The minimum absolute atomic E-state index is 0.145. The molecule has 0 saturated heterocycles. The molecule has 3 rings (SSSR count). The van der Waals surface area contributed by atoms with E-state index in [0.29, 0.717) is 22.2 Å². The van der Waals surface area contributed by atoms with Crippen LogP contribution in [0.4, 0.5) is 5.69 Å². The van der Waals surface area contributed by atoms with Crippen LogP contribution in [0.3, 0.4) is 0 Å². The number of aryl methyl sites for hydroxylation is 1. The number of hydrogen-bond donors (Lipinski definition) is 2. The zero-order valence-electron chi connectivity index (χ0n) is 10.4. The van der Waals surface area contributed by atoms with Crippen molar-refractivity contribution < 1.29 is 14.9 Å². The summed E-state index contributed by atoms with van der Waals surface area (Å²) in [6, 6.07) is 5.97. The Hall–Kier alpha value is -2.06. The third kappa shape index (κ3) is 2.23. The Labute approximate surface area is 117 Å². The molecule has 0 aliphatic carbocycles. The van der Waals surface area contributed by atoms with Crippen molar-refractivity contribution in [3.63, 3.8) is 0 Å². The lowest BCUT2D eigenvalue weighted by atomic mass is 10.1. The van der Waals surface area contributed by atoms with E-state index in [2.05, 4.69) is 4.98 Å². The van der Waals surface area contributed by atoms with Gasteiger partial charge in [-0.3, -0.25) is 0 Å². The molecule has 2 N–H and O–H groups in total. The van der Waals surface area contributed by atoms with Gasteiger partial charge in [-0.1, -0.05) is 0 Å². The predicted octanol–water partition coefficient (Wildman–Crippen LogP) is 1.63. The Morgan fingerprint density at radius 2 is 2.20 bits per heavy atom. The van der Waals surface area contributed by atoms with Crippen molar-refractivity contribution in [1.82, 2.24) is 4.98 Å². The summed E-state index contributed by atoms with van der Waals surface area (Å²) >= 11 is 1.44. The van der Waals surface area contributed by atoms with Gasteiger partial charge in [0.15, 0.2) is 5.69 Å². The van der Waals surface area contributed by atoms with Gasteiger partial charge >= 0.3 is 5.63 Å². The molecule has 0 bridgehead atoms. The van der Waals surface area contributed by atoms with Crippen molar-refractivity contribution in [2.75, 3.05) is 0 Å². The van der Waals surface area contributed by atoms with E-state index >= 15 is 0 Å². The van der Waals surface area contributed by atoms with E-state index in [0.717, 1.165) is 5.01 Å². The lowest BCUT2D eigenvalue weighted by molar-refractivity contribution is -0.991. The fourth-order valence-corrected chi connectivity index (χ4v) is 2.54. The van der Waals surface area contributed by atoms with E-state index < -0.39 is 10.9 Å².